The summed E-state index contributed by atoms with van der Waals surface area (Å²) in [4.78, 5) is 31.6. The molecule has 0 spiro atoms. The van der Waals surface area contributed by atoms with Crippen molar-refractivity contribution in [2.45, 2.75) is 0 Å². The molecular formula is C6H11ClN4O3. The lowest BCUT2D eigenvalue weighted by Gasteiger charge is -2.05. The second-order valence-corrected chi connectivity index (χ2v) is 2.50. The van der Waals surface area contributed by atoms with E-state index in [-0.39, 0.29) is 19.0 Å². The molecule has 5 amide bonds. The fraction of sp³-hybridized carbons (Fsp3) is 0.500. The normalized spacial score (nSPS) is 8.93. The van der Waals surface area contributed by atoms with E-state index in [1.807, 2.05) is 5.32 Å². The van der Waals surface area contributed by atoms with Gasteiger partial charge in [0.05, 0.1) is 0 Å². The van der Waals surface area contributed by atoms with Crippen molar-refractivity contribution in [2.75, 3.05) is 19.0 Å². The van der Waals surface area contributed by atoms with Crippen LogP contribution in [0, 0.1) is 0 Å². The van der Waals surface area contributed by atoms with Crippen LogP contribution in [-0.2, 0) is 4.79 Å². The summed E-state index contributed by atoms with van der Waals surface area (Å²) in [6.07, 6.45) is 0. The number of carbonyl (C=O) groups is 3. The molecule has 80 valence electrons. The molecule has 0 rings (SSSR count). The largest absolute Gasteiger partial charge is 0.352 e. The van der Waals surface area contributed by atoms with E-state index in [4.69, 9.17) is 17.3 Å². The van der Waals surface area contributed by atoms with Crippen LogP contribution in [0.15, 0.2) is 0 Å². The molecule has 0 saturated carbocycles. The first-order valence-electron chi connectivity index (χ1n) is 3.73. The van der Waals surface area contributed by atoms with Gasteiger partial charge in [-0.15, -0.1) is 11.6 Å². The molecule has 0 unspecified atom stereocenters. The minimum Gasteiger partial charge on any atom is -0.352 e. The molecule has 0 saturated heterocycles. The van der Waals surface area contributed by atoms with Crippen LogP contribution in [0.1, 0.15) is 0 Å². The lowest BCUT2D eigenvalue weighted by atomic mass is 10.6. The van der Waals surface area contributed by atoms with Crippen molar-refractivity contribution in [2.24, 2.45) is 5.73 Å². The number of amides is 5. The van der Waals surface area contributed by atoms with Crippen LogP contribution in [0.2, 0.25) is 0 Å². The average Bonchev–Trinajstić information content (AvgIpc) is 2.12. The summed E-state index contributed by atoms with van der Waals surface area (Å²) in [7, 11) is 0. The summed E-state index contributed by atoms with van der Waals surface area (Å²) in [5.41, 5.74) is 4.76. The smallest absolute Gasteiger partial charge is 0.321 e. The lowest BCUT2D eigenvalue weighted by Crippen LogP contribution is -2.43. The second kappa shape index (κ2) is 6.96. The highest BCUT2D eigenvalue weighted by molar-refractivity contribution is 6.28. The van der Waals surface area contributed by atoms with E-state index in [9.17, 15) is 14.4 Å². The Morgan fingerprint density at radius 3 is 2.21 bits per heavy atom. The van der Waals surface area contributed by atoms with Gasteiger partial charge in [0.25, 0.3) is 0 Å². The van der Waals surface area contributed by atoms with E-state index in [0.717, 1.165) is 0 Å². The van der Waals surface area contributed by atoms with E-state index >= 15 is 0 Å². The molecule has 7 nitrogen and oxygen atoms in total. The average molecular weight is 223 g/mol. The maximum Gasteiger partial charge on any atom is 0.321 e. The lowest BCUT2D eigenvalue weighted by molar-refractivity contribution is -0.117. The summed E-state index contributed by atoms with van der Waals surface area (Å²) in [5, 5.41) is 6.51. The zero-order chi connectivity index (χ0) is 11.0. The molecule has 0 aliphatic rings. The Balaban J connectivity index is 3.45. The van der Waals surface area contributed by atoms with Gasteiger partial charge in [-0.2, -0.15) is 0 Å². The topological polar surface area (TPSA) is 113 Å². The minimum atomic E-state index is -0.677. The van der Waals surface area contributed by atoms with Gasteiger partial charge >= 0.3 is 12.1 Å². The third-order valence-electron chi connectivity index (χ3n) is 1.08. The molecule has 0 aromatic rings. The van der Waals surface area contributed by atoms with Crippen molar-refractivity contribution in [3.05, 3.63) is 0 Å². The van der Waals surface area contributed by atoms with Crippen LogP contribution in [0.25, 0.3) is 0 Å². The maximum absolute atomic E-state index is 10.8. The number of halogens is 1. The van der Waals surface area contributed by atoms with Crippen LogP contribution >= 0.6 is 11.6 Å². The number of primary amides is 1. The first-order valence-corrected chi connectivity index (χ1v) is 4.26. The predicted molar refractivity (Wildman–Crippen MR) is 49.8 cm³/mol. The van der Waals surface area contributed by atoms with Gasteiger partial charge in [-0.05, 0) is 0 Å². The summed E-state index contributed by atoms with van der Waals surface area (Å²) in [6, 6.07) is -1.34. The molecule has 8 heteroatoms. The SMILES string of the molecule is NC(=O)NCCNC(=O)NC(=O)CCl. The molecular weight excluding hydrogens is 212 g/mol. The molecule has 0 aliphatic carbocycles. The Hall–Kier alpha value is -1.50. The Bertz CT molecular complexity index is 233. The number of hydrogen-bond acceptors (Lipinski definition) is 3. The number of nitrogens with two attached hydrogens (primary N) is 1. The van der Waals surface area contributed by atoms with Crippen molar-refractivity contribution in [3.8, 4) is 0 Å². The molecule has 0 fully saturated rings. The first-order chi connectivity index (χ1) is 6.56. The molecule has 0 radical (unpaired) electrons. The van der Waals surface area contributed by atoms with Gasteiger partial charge < -0.3 is 16.4 Å². The molecule has 0 heterocycles. The Morgan fingerprint density at radius 1 is 1.14 bits per heavy atom. The van der Waals surface area contributed by atoms with Gasteiger partial charge in [0, 0.05) is 13.1 Å². The zero-order valence-electron chi connectivity index (χ0n) is 7.30. The van der Waals surface area contributed by atoms with E-state index in [1.54, 1.807) is 0 Å². The van der Waals surface area contributed by atoms with Crippen molar-refractivity contribution in [3.63, 3.8) is 0 Å². The fourth-order valence-electron chi connectivity index (χ4n) is 0.566. The van der Waals surface area contributed by atoms with E-state index in [1.165, 1.54) is 0 Å². The first kappa shape index (κ1) is 12.5. The van der Waals surface area contributed by atoms with Gasteiger partial charge in [0.2, 0.25) is 5.91 Å². The predicted octanol–water partition coefficient (Wildman–Crippen LogP) is -1.28. The van der Waals surface area contributed by atoms with Gasteiger partial charge in [-0.3, -0.25) is 10.1 Å². The highest BCUT2D eigenvalue weighted by Gasteiger charge is 2.04. The Labute approximate surface area is 85.3 Å². The molecule has 0 aromatic heterocycles. The van der Waals surface area contributed by atoms with Crippen molar-refractivity contribution >= 4 is 29.6 Å². The number of nitrogens with one attached hydrogen (secondary N) is 3. The monoisotopic (exact) mass is 222 g/mol. The number of imide groups is 1. The third-order valence-corrected chi connectivity index (χ3v) is 1.33. The highest BCUT2D eigenvalue weighted by Crippen LogP contribution is 1.74. The van der Waals surface area contributed by atoms with Crippen LogP contribution in [0.5, 0.6) is 0 Å². The van der Waals surface area contributed by atoms with Crippen molar-refractivity contribution in [1.29, 1.82) is 0 Å². The van der Waals surface area contributed by atoms with Crippen LogP contribution in [0.3, 0.4) is 0 Å². The number of hydrogen-bond donors (Lipinski definition) is 4. The van der Waals surface area contributed by atoms with E-state index < -0.39 is 18.0 Å². The quantitative estimate of drug-likeness (QED) is 0.351. The standard InChI is InChI=1S/C6H11ClN4O3/c7-3-4(12)11-6(14)10-2-1-9-5(8)13/h1-3H2,(H3,8,9,13)(H2,10,11,12,14). The van der Waals surface area contributed by atoms with Gasteiger partial charge in [-0.1, -0.05) is 0 Å². The van der Waals surface area contributed by atoms with Crippen molar-refractivity contribution < 1.29 is 14.4 Å². The van der Waals surface area contributed by atoms with Crippen LogP contribution in [-0.4, -0.2) is 36.9 Å². The van der Waals surface area contributed by atoms with Crippen molar-refractivity contribution in [1.82, 2.24) is 16.0 Å². The third kappa shape index (κ3) is 7.17. The zero-order valence-corrected chi connectivity index (χ0v) is 8.06. The van der Waals surface area contributed by atoms with Crippen LogP contribution in [0.4, 0.5) is 9.59 Å². The van der Waals surface area contributed by atoms with Gasteiger partial charge in [0.15, 0.2) is 0 Å². The number of rotatable bonds is 4. The summed E-state index contributed by atoms with van der Waals surface area (Å²) < 4.78 is 0. The summed E-state index contributed by atoms with van der Waals surface area (Å²) >= 11 is 5.13. The minimum absolute atomic E-state index is 0.171. The van der Waals surface area contributed by atoms with Gasteiger partial charge in [-0.25, -0.2) is 9.59 Å². The Morgan fingerprint density at radius 2 is 1.71 bits per heavy atom. The Kier molecular flexibility index (Phi) is 6.21. The summed E-state index contributed by atoms with van der Waals surface area (Å²) in [5.74, 6) is -0.875. The number of carbonyl (C=O) groups excluding carboxylic acids is 3. The molecule has 5 N–H and O–H groups in total. The van der Waals surface area contributed by atoms with E-state index in [0.29, 0.717) is 0 Å². The fourth-order valence-corrected chi connectivity index (χ4v) is 0.633. The number of urea groups is 2. The summed E-state index contributed by atoms with van der Waals surface area (Å²) in [6.45, 7) is 0.363. The van der Waals surface area contributed by atoms with Gasteiger partial charge in [0.1, 0.15) is 5.88 Å². The number of alkyl halides is 1. The van der Waals surface area contributed by atoms with Crippen LogP contribution < -0.4 is 21.7 Å². The molecule has 0 aromatic carbocycles. The highest BCUT2D eigenvalue weighted by atomic mass is 35.5. The molecule has 0 atom stereocenters. The molecule has 14 heavy (non-hydrogen) atoms. The maximum atomic E-state index is 10.8. The van der Waals surface area contributed by atoms with E-state index in [2.05, 4.69) is 10.6 Å². The molecule has 0 aliphatic heterocycles. The second-order valence-electron chi connectivity index (χ2n) is 2.23. The molecule has 0 bridgehead atoms.